The van der Waals surface area contributed by atoms with E-state index in [2.05, 4.69) is 15.4 Å². The molecule has 4 rings (SSSR count). The third-order valence-electron chi connectivity index (χ3n) is 4.81. The number of amides is 1. The molecule has 0 bridgehead atoms. The van der Waals surface area contributed by atoms with Crippen molar-refractivity contribution in [1.82, 2.24) is 25.1 Å². The van der Waals surface area contributed by atoms with Gasteiger partial charge < -0.3 is 9.64 Å². The topological polar surface area (TPSA) is 73.1 Å². The average Bonchev–Trinajstić information content (AvgIpc) is 3.10. The summed E-state index contributed by atoms with van der Waals surface area (Å²) < 4.78 is 5.83. The fourth-order valence-corrected chi connectivity index (χ4v) is 3.63. The molecule has 2 fully saturated rings. The molecule has 1 aliphatic carbocycles. The lowest BCUT2D eigenvalue weighted by atomic mass is 9.90. The summed E-state index contributed by atoms with van der Waals surface area (Å²) in [6.07, 6.45) is 4.62. The van der Waals surface area contributed by atoms with E-state index in [1.54, 1.807) is 0 Å². The molecule has 0 spiro atoms. The molecule has 2 atom stereocenters. The first-order valence-corrected chi connectivity index (χ1v) is 8.55. The van der Waals surface area contributed by atoms with Crippen LogP contribution in [0.1, 0.15) is 25.7 Å². The highest BCUT2D eigenvalue weighted by Crippen LogP contribution is 2.28. The number of hydrogen-bond donors (Lipinski definition) is 0. The second-order valence-electron chi connectivity index (χ2n) is 6.36. The second kappa shape index (κ2) is 6.68. The van der Waals surface area contributed by atoms with Crippen molar-refractivity contribution in [2.75, 3.05) is 13.2 Å². The lowest BCUT2D eigenvalue weighted by Crippen LogP contribution is -2.55. The lowest BCUT2D eigenvalue weighted by Gasteiger charge is -2.43. The van der Waals surface area contributed by atoms with Gasteiger partial charge in [-0.2, -0.15) is 4.80 Å². The van der Waals surface area contributed by atoms with Crippen LogP contribution in [0.4, 0.5) is 0 Å². The Morgan fingerprint density at radius 1 is 1.21 bits per heavy atom. The van der Waals surface area contributed by atoms with Crippen molar-refractivity contribution in [3.63, 3.8) is 0 Å². The molecule has 1 saturated heterocycles. The van der Waals surface area contributed by atoms with Gasteiger partial charge in [-0.25, -0.2) is 0 Å². The molecule has 1 aromatic carbocycles. The van der Waals surface area contributed by atoms with Crippen LogP contribution in [0.15, 0.2) is 30.3 Å². The van der Waals surface area contributed by atoms with Gasteiger partial charge in [0.05, 0.1) is 18.8 Å². The summed E-state index contributed by atoms with van der Waals surface area (Å²) in [7, 11) is 0. The Kier molecular flexibility index (Phi) is 4.25. The van der Waals surface area contributed by atoms with Crippen LogP contribution < -0.4 is 0 Å². The third-order valence-corrected chi connectivity index (χ3v) is 4.81. The van der Waals surface area contributed by atoms with Gasteiger partial charge >= 0.3 is 0 Å². The molecule has 1 aliphatic heterocycles. The molecular formula is C17H21N5O2. The number of tetrazole rings is 1. The number of fused-ring (bicyclic) bond motifs is 1. The molecule has 2 aliphatic rings. The van der Waals surface area contributed by atoms with Crippen LogP contribution in [-0.2, 0) is 16.1 Å². The first-order chi connectivity index (χ1) is 11.8. The van der Waals surface area contributed by atoms with Crippen LogP contribution in [0.2, 0.25) is 0 Å². The Hall–Kier alpha value is -2.28. The molecule has 1 saturated carbocycles. The number of nitrogens with zero attached hydrogens (tertiary/aromatic N) is 5. The number of ether oxygens (including phenoxy) is 1. The van der Waals surface area contributed by atoms with E-state index in [1.807, 2.05) is 35.2 Å². The number of carbonyl (C=O) groups excluding carboxylic acids is 1. The zero-order valence-electron chi connectivity index (χ0n) is 13.5. The van der Waals surface area contributed by atoms with Crippen LogP contribution in [0.3, 0.4) is 0 Å². The van der Waals surface area contributed by atoms with Crippen LogP contribution in [-0.4, -0.2) is 56.3 Å². The number of morpholine rings is 1. The normalized spacial score (nSPS) is 23.8. The minimum Gasteiger partial charge on any atom is -0.374 e. The standard InChI is InChI=1S/C17H21N5O2/c23-16(21-10-11-24-15-9-5-4-8-14(15)21)12-22-19-17(18-20-22)13-6-2-1-3-7-13/h1-3,6-7,14-15H,4-5,8-12H2/t14-,15+/m0/s1. The van der Waals surface area contributed by atoms with Crippen molar-refractivity contribution in [2.45, 2.75) is 44.4 Å². The number of hydrogen-bond acceptors (Lipinski definition) is 5. The monoisotopic (exact) mass is 327 g/mol. The summed E-state index contributed by atoms with van der Waals surface area (Å²) in [6, 6.07) is 9.86. The van der Waals surface area contributed by atoms with Gasteiger partial charge in [0.25, 0.3) is 0 Å². The zero-order valence-corrected chi connectivity index (χ0v) is 13.5. The van der Waals surface area contributed by atoms with Crippen molar-refractivity contribution < 1.29 is 9.53 Å². The summed E-state index contributed by atoms with van der Waals surface area (Å²) in [5, 5.41) is 12.4. The van der Waals surface area contributed by atoms with Crippen LogP contribution in [0, 0.1) is 0 Å². The highest BCUT2D eigenvalue weighted by molar-refractivity contribution is 5.76. The fraction of sp³-hybridized carbons (Fsp3) is 0.529. The van der Waals surface area contributed by atoms with Crippen molar-refractivity contribution >= 4 is 5.91 Å². The lowest BCUT2D eigenvalue weighted by molar-refractivity contribution is -0.150. The number of rotatable bonds is 3. The molecule has 0 radical (unpaired) electrons. The van der Waals surface area contributed by atoms with Crippen molar-refractivity contribution in [3.05, 3.63) is 30.3 Å². The van der Waals surface area contributed by atoms with Crippen LogP contribution in [0.5, 0.6) is 0 Å². The Morgan fingerprint density at radius 3 is 2.92 bits per heavy atom. The zero-order chi connectivity index (χ0) is 16.4. The second-order valence-corrected chi connectivity index (χ2v) is 6.36. The molecule has 2 aromatic rings. The Labute approximate surface area is 140 Å². The molecule has 2 heterocycles. The molecule has 1 amide bonds. The summed E-state index contributed by atoms with van der Waals surface area (Å²) in [5.41, 5.74) is 0.898. The first-order valence-electron chi connectivity index (χ1n) is 8.55. The van der Waals surface area contributed by atoms with Gasteiger partial charge in [0.1, 0.15) is 6.54 Å². The van der Waals surface area contributed by atoms with Crippen molar-refractivity contribution in [3.8, 4) is 11.4 Å². The predicted octanol–water partition coefficient (Wildman–Crippen LogP) is 1.51. The minimum absolute atomic E-state index is 0.0483. The van der Waals surface area contributed by atoms with Gasteiger partial charge in [0.2, 0.25) is 11.7 Å². The summed E-state index contributed by atoms with van der Waals surface area (Å²) in [5.74, 6) is 0.591. The van der Waals surface area contributed by atoms with Gasteiger partial charge in [-0.3, -0.25) is 4.79 Å². The minimum atomic E-state index is 0.0483. The van der Waals surface area contributed by atoms with E-state index in [9.17, 15) is 4.79 Å². The van der Waals surface area contributed by atoms with Gasteiger partial charge in [-0.05, 0) is 18.1 Å². The third kappa shape index (κ3) is 3.03. The van der Waals surface area contributed by atoms with E-state index < -0.39 is 0 Å². The van der Waals surface area contributed by atoms with Crippen molar-refractivity contribution in [1.29, 1.82) is 0 Å². The number of benzene rings is 1. The van der Waals surface area contributed by atoms with E-state index in [4.69, 9.17) is 4.74 Å². The van der Waals surface area contributed by atoms with Crippen LogP contribution in [0.25, 0.3) is 11.4 Å². The summed E-state index contributed by atoms with van der Waals surface area (Å²) in [6.45, 7) is 1.40. The molecule has 7 heteroatoms. The van der Waals surface area contributed by atoms with Crippen molar-refractivity contribution in [2.24, 2.45) is 0 Å². The first kappa shape index (κ1) is 15.3. The Balaban J connectivity index is 1.45. The molecule has 0 unspecified atom stereocenters. The summed E-state index contributed by atoms with van der Waals surface area (Å²) >= 11 is 0. The molecule has 7 nitrogen and oxygen atoms in total. The Morgan fingerprint density at radius 2 is 2.04 bits per heavy atom. The fourth-order valence-electron chi connectivity index (χ4n) is 3.63. The molecule has 1 aromatic heterocycles. The van der Waals surface area contributed by atoms with E-state index in [-0.39, 0.29) is 24.6 Å². The molecule has 126 valence electrons. The van der Waals surface area contributed by atoms with E-state index in [0.717, 1.165) is 24.8 Å². The predicted molar refractivity (Wildman–Crippen MR) is 87.0 cm³/mol. The summed E-state index contributed by atoms with van der Waals surface area (Å²) in [4.78, 5) is 16.1. The van der Waals surface area contributed by atoms with Crippen LogP contribution >= 0.6 is 0 Å². The van der Waals surface area contributed by atoms with E-state index >= 15 is 0 Å². The molecule has 0 N–H and O–H groups in total. The van der Waals surface area contributed by atoms with Gasteiger partial charge in [0.15, 0.2) is 0 Å². The average molecular weight is 327 g/mol. The highest BCUT2D eigenvalue weighted by atomic mass is 16.5. The Bertz CT molecular complexity index is 700. The highest BCUT2D eigenvalue weighted by Gasteiger charge is 2.36. The molecular weight excluding hydrogens is 306 g/mol. The maximum atomic E-state index is 12.7. The largest absolute Gasteiger partial charge is 0.374 e. The number of aromatic nitrogens is 4. The van der Waals surface area contributed by atoms with Gasteiger partial charge in [-0.1, -0.05) is 43.2 Å². The van der Waals surface area contributed by atoms with E-state index in [0.29, 0.717) is 19.0 Å². The van der Waals surface area contributed by atoms with E-state index in [1.165, 1.54) is 11.2 Å². The van der Waals surface area contributed by atoms with Gasteiger partial charge in [0, 0.05) is 12.1 Å². The smallest absolute Gasteiger partial charge is 0.246 e. The molecule has 24 heavy (non-hydrogen) atoms. The SMILES string of the molecule is O=C(Cn1nnc(-c2ccccc2)n1)N1CCO[C@@H]2CCCC[C@@H]21. The van der Waals surface area contributed by atoms with Gasteiger partial charge in [-0.15, -0.1) is 10.2 Å². The quantitative estimate of drug-likeness (QED) is 0.854. The maximum absolute atomic E-state index is 12.7. The maximum Gasteiger partial charge on any atom is 0.246 e. The number of carbonyl (C=O) groups is 1.